The lowest BCUT2D eigenvalue weighted by Gasteiger charge is -2.14. The summed E-state index contributed by atoms with van der Waals surface area (Å²) in [7, 11) is 1.90. The van der Waals surface area contributed by atoms with Crippen LogP contribution in [0.15, 0.2) is 12.3 Å². The van der Waals surface area contributed by atoms with Crippen molar-refractivity contribution in [3.8, 4) is 0 Å². The molecule has 1 aromatic heterocycles. The number of rotatable bonds is 4. The van der Waals surface area contributed by atoms with Gasteiger partial charge in [-0.05, 0) is 24.9 Å². The van der Waals surface area contributed by atoms with Crippen molar-refractivity contribution < 1.29 is 4.79 Å². The molecule has 0 bridgehead atoms. The fourth-order valence-electron chi connectivity index (χ4n) is 2.21. The Morgan fingerprint density at radius 3 is 3.12 bits per heavy atom. The van der Waals surface area contributed by atoms with E-state index in [0.29, 0.717) is 12.5 Å². The first-order chi connectivity index (χ1) is 8.16. The molecular formula is C12H20N4O. The molecular weight excluding hydrogens is 216 g/mol. The third kappa shape index (κ3) is 3.06. The summed E-state index contributed by atoms with van der Waals surface area (Å²) in [5.74, 6) is 0.552. The zero-order chi connectivity index (χ0) is 12.3. The predicted molar refractivity (Wildman–Crippen MR) is 65.5 cm³/mol. The van der Waals surface area contributed by atoms with Crippen LogP contribution >= 0.6 is 0 Å². The first kappa shape index (κ1) is 12.1. The summed E-state index contributed by atoms with van der Waals surface area (Å²) in [6.07, 6.45) is 3.78. The summed E-state index contributed by atoms with van der Waals surface area (Å²) in [5, 5.41) is 10.5. The molecule has 2 rings (SSSR count). The Bertz CT molecular complexity index is 388. The van der Waals surface area contributed by atoms with Gasteiger partial charge in [0.2, 0.25) is 5.91 Å². The maximum Gasteiger partial charge on any atom is 0.237 e. The lowest BCUT2D eigenvalue weighted by atomic mass is 10.0. The van der Waals surface area contributed by atoms with E-state index >= 15 is 0 Å². The van der Waals surface area contributed by atoms with Crippen LogP contribution in [-0.4, -0.2) is 34.8 Å². The SMILES string of the molecule is CC1CCNC1C(=O)NCCc1ccn(C)n1. The van der Waals surface area contributed by atoms with Gasteiger partial charge in [0.15, 0.2) is 0 Å². The molecule has 1 aliphatic rings. The molecule has 0 aromatic carbocycles. The monoisotopic (exact) mass is 236 g/mol. The first-order valence-corrected chi connectivity index (χ1v) is 6.16. The van der Waals surface area contributed by atoms with E-state index in [1.807, 2.05) is 19.3 Å². The van der Waals surface area contributed by atoms with Crippen LogP contribution < -0.4 is 10.6 Å². The largest absolute Gasteiger partial charge is 0.354 e. The summed E-state index contributed by atoms with van der Waals surface area (Å²) in [6.45, 7) is 3.71. The Kier molecular flexibility index (Phi) is 3.78. The van der Waals surface area contributed by atoms with Gasteiger partial charge in [-0.25, -0.2) is 0 Å². The highest BCUT2D eigenvalue weighted by Crippen LogP contribution is 2.13. The van der Waals surface area contributed by atoms with Gasteiger partial charge in [0.25, 0.3) is 0 Å². The lowest BCUT2D eigenvalue weighted by molar-refractivity contribution is -0.123. The average Bonchev–Trinajstić information content (AvgIpc) is 2.87. The van der Waals surface area contributed by atoms with Crippen molar-refractivity contribution in [3.05, 3.63) is 18.0 Å². The molecule has 94 valence electrons. The van der Waals surface area contributed by atoms with Crippen molar-refractivity contribution >= 4 is 5.91 Å². The molecule has 0 spiro atoms. The zero-order valence-electron chi connectivity index (χ0n) is 10.4. The van der Waals surface area contributed by atoms with Gasteiger partial charge >= 0.3 is 0 Å². The highest BCUT2D eigenvalue weighted by atomic mass is 16.2. The third-order valence-corrected chi connectivity index (χ3v) is 3.26. The second-order valence-corrected chi connectivity index (χ2v) is 4.72. The van der Waals surface area contributed by atoms with Crippen molar-refractivity contribution in [1.29, 1.82) is 0 Å². The highest BCUT2D eigenvalue weighted by Gasteiger charge is 2.28. The standard InChI is InChI=1S/C12H20N4O/c1-9-3-6-13-11(9)12(17)14-7-4-10-5-8-16(2)15-10/h5,8-9,11,13H,3-4,6-7H2,1-2H3,(H,14,17). The quantitative estimate of drug-likeness (QED) is 0.778. The van der Waals surface area contributed by atoms with Gasteiger partial charge in [-0.15, -0.1) is 0 Å². The molecule has 1 fully saturated rings. The second kappa shape index (κ2) is 5.31. The smallest absolute Gasteiger partial charge is 0.237 e. The van der Waals surface area contributed by atoms with Gasteiger partial charge in [-0.3, -0.25) is 9.48 Å². The molecule has 1 amide bonds. The molecule has 0 aliphatic carbocycles. The summed E-state index contributed by atoms with van der Waals surface area (Å²) in [6, 6.07) is 1.96. The third-order valence-electron chi connectivity index (χ3n) is 3.26. The summed E-state index contributed by atoms with van der Waals surface area (Å²) < 4.78 is 1.78. The molecule has 2 N–H and O–H groups in total. The van der Waals surface area contributed by atoms with Gasteiger partial charge in [-0.1, -0.05) is 6.92 Å². The number of aromatic nitrogens is 2. The average molecular weight is 236 g/mol. The molecule has 2 atom stereocenters. The Morgan fingerprint density at radius 2 is 2.53 bits per heavy atom. The summed E-state index contributed by atoms with van der Waals surface area (Å²) in [4.78, 5) is 11.9. The predicted octanol–water partition coefficient (Wildman–Crippen LogP) is 0.0768. The molecule has 1 aliphatic heterocycles. The van der Waals surface area contributed by atoms with Crippen LogP contribution in [0.4, 0.5) is 0 Å². The molecule has 17 heavy (non-hydrogen) atoms. The Labute approximate surface area is 102 Å². The normalized spacial score (nSPS) is 23.9. The Morgan fingerprint density at radius 1 is 1.71 bits per heavy atom. The van der Waals surface area contributed by atoms with Crippen molar-refractivity contribution in [3.63, 3.8) is 0 Å². The molecule has 1 saturated heterocycles. The number of aryl methyl sites for hydroxylation is 1. The van der Waals surface area contributed by atoms with Crippen LogP contribution in [0.1, 0.15) is 19.0 Å². The van der Waals surface area contributed by atoms with Crippen molar-refractivity contribution in [2.24, 2.45) is 13.0 Å². The molecule has 0 saturated carbocycles. The van der Waals surface area contributed by atoms with E-state index < -0.39 is 0 Å². The summed E-state index contributed by atoms with van der Waals surface area (Å²) in [5.41, 5.74) is 1.01. The highest BCUT2D eigenvalue weighted by molar-refractivity contribution is 5.82. The van der Waals surface area contributed by atoms with Crippen LogP contribution in [0.3, 0.4) is 0 Å². The van der Waals surface area contributed by atoms with E-state index in [2.05, 4.69) is 22.7 Å². The molecule has 2 unspecified atom stereocenters. The van der Waals surface area contributed by atoms with E-state index in [1.54, 1.807) is 4.68 Å². The summed E-state index contributed by atoms with van der Waals surface area (Å²) >= 11 is 0. The number of nitrogens with zero attached hydrogens (tertiary/aromatic N) is 2. The van der Waals surface area contributed by atoms with Gasteiger partial charge in [-0.2, -0.15) is 5.10 Å². The second-order valence-electron chi connectivity index (χ2n) is 4.72. The maximum atomic E-state index is 11.9. The molecule has 5 heteroatoms. The van der Waals surface area contributed by atoms with Gasteiger partial charge < -0.3 is 10.6 Å². The fourth-order valence-corrected chi connectivity index (χ4v) is 2.21. The number of nitrogens with one attached hydrogen (secondary N) is 2. The minimum atomic E-state index is -0.0151. The van der Waals surface area contributed by atoms with Gasteiger partial charge in [0.05, 0.1) is 11.7 Å². The minimum absolute atomic E-state index is 0.0151. The van der Waals surface area contributed by atoms with E-state index in [4.69, 9.17) is 0 Å². The van der Waals surface area contributed by atoms with E-state index in [9.17, 15) is 4.79 Å². The fraction of sp³-hybridized carbons (Fsp3) is 0.667. The van der Waals surface area contributed by atoms with Crippen LogP contribution in [-0.2, 0) is 18.3 Å². The Balaban J connectivity index is 1.73. The lowest BCUT2D eigenvalue weighted by Crippen LogP contribution is -2.43. The van der Waals surface area contributed by atoms with Crippen molar-refractivity contribution in [2.45, 2.75) is 25.8 Å². The van der Waals surface area contributed by atoms with Crippen LogP contribution in [0, 0.1) is 5.92 Å². The molecule has 5 nitrogen and oxygen atoms in total. The number of hydrogen-bond donors (Lipinski definition) is 2. The van der Waals surface area contributed by atoms with E-state index in [1.165, 1.54) is 0 Å². The topological polar surface area (TPSA) is 59.0 Å². The van der Waals surface area contributed by atoms with Crippen LogP contribution in [0.25, 0.3) is 0 Å². The minimum Gasteiger partial charge on any atom is -0.354 e. The molecule has 0 radical (unpaired) electrons. The first-order valence-electron chi connectivity index (χ1n) is 6.16. The van der Waals surface area contributed by atoms with E-state index in [0.717, 1.165) is 25.1 Å². The Hall–Kier alpha value is -1.36. The van der Waals surface area contributed by atoms with Gasteiger partial charge in [0, 0.05) is 26.2 Å². The molecule has 2 heterocycles. The molecule has 1 aromatic rings. The number of hydrogen-bond acceptors (Lipinski definition) is 3. The van der Waals surface area contributed by atoms with Gasteiger partial charge in [0.1, 0.15) is 0 Å². The van der Waals surface area contributed by atoms with Crippen LogP contribution in [0.5, 0.6) is 0 Å². The number of carbonyl (C=O) groups excluding carboxylic acids is 1. The van der Waals surface area contributed by atoms with E-state index in [-0.39, 0.29) is 11.9 Å². The maximum absolute atomic E-state index is 11.9. The van der Waals surface area contributed by atoms with Crippen LogP contribution in [0.2, 0.25) is 0 Å². The number of amides is 1. The van der Waals surface area contributed by atoms with Crippen molar-refractivity contribution in [2.75, 3.05) is 13.1 Å². The number of carbonyl (C=O) groups is 1. The zero-order valence-corrected chi connectivity index (χ0v) is 10.4. The van der Waals surface area contributed by atoms with Crippen molar-refractivity contribution in [1.82, 2.24) is 20.4 Å².